The van der Waals surface area contributed by atoms with Crippen LogP contribution in [0, 0.1) is 6.92 Å². The van der Waals surface area contributed by atoms with Crippen LogP contribution in [0.4, 0.5) is 0 Å². The molecule has 0 bridgehead atoms. The lowest BCUT2D eigenvalue weighted by Gasteiger charge is -2.03. The average Bonchev–Trinajstić information content (AvgIpc) is 2.82. The van der Waals surface area contributed by atoms with Crippen LogP contribution in [0.25, 0.3) is 16.9 Å². The highest BCUT2D eigenvalue weighted by Crippen LogP contribution is 2.16. The zero-order valence-electron chi connectivity index (χ0n) is 10.6. The van der Waals surface area contributed by atoms with Gasteiger partial charge in [0, 0.05) is 6.07 Å². The first-order chi connectivity index (χ1) is 9.24. The van der Waals surface area contributed by atoms with Crippen LogP contribution in [0.3, 0.4) is 0 Å². The first-order valence-electron chi connectivity index (χ1n) is 6.18. The normalized spacial score (nSPS) is 10.6. The third-order valence-corrected chi connectivity index (χ3v) is 3.07. The maximum absolute atomic E-state index is 12.1. The van der Waals surface area contributed by atoms with Gasteiger partial charge in [-0.3, -0.25) is 9.89 Å². The second-order valence-corrected chi connectivity index (χ2v) is 4.55. The Morgan fingerprint density at radius 2 is 1.74 bits per heavy atom. The Labute approximate surface area is 111 Å². The number of aryl methyl sites for hydroxylation is 1. The van der Waals surface area contributed by atoms with Crippen molar-refractivity contribution >= 4 is 0 Å². The van der Waals surface area contributed by atoms with Crippen LogP contribution in [-0.2, 0) is 0 Å². The van der Waals surface area contributed by atoms with Crippen LogP contribution in [0.15, 0.2) is 65.5 Å². The van der Waals surface area contributed by atoms with E-state index in [1.165, 1.54) is 0 Å². The van der Waals surface area contributed by atoms with Gasteiger partial charge in [-0.25, -0.2) is 4.68 Å². The van der Waals surface area contributed by atoms with Gasteiger partial charge in [0.15, 0.2) is 0 Å². The first-order valence-corrected chi connectivity index (χ1v) is 6.18. The van der Waals surface area contributed by atoms with Gasteiger partial charge >= 0.3 is 0 Å². The molecular weight excluding hydrogens is 236 g/mol. The fourth-order valence-corrected chi connectivity index (χ4v) is 2.12. The largest absolute Gasteiger partial charge is 0.290 e. The minimum absolute atomic E-state index is 0.0514. The molecule has 3 heteroatoms. The minimum atomic E-state index is -0.0514. The molecule has 0 atom stereocenters. The summed E-state index contributed by atoms with van der Waals surface area (Å²) in [6, 6.07) is 19.3. The van der Waals surface area contributed by atoms with E-state index in [1.807, 2.05) is 61.5 Å². The highest BCUT2D eigenvalue weighted by Gasteiger charge is 2.06. The van der Waals surface area contributed by atoms with Gasteiger partial charge in [-0.2, -0.15) is 0 Å². The van der Waals surface area contributed by atoms with Crippen LogP contribution in [0.5, 0.6) is 0 Å². The molecule has 19 heavy (non-hydrogen) atoms. The predicted molar refractivity (Wildman–Crippen MR) is 76.6 cm³/mol. The van der Waals surface area contributed by atoms with E-state index in [-0.39, 0.29) is 5.56 Å². The zero-order valence-corrected chi connectivity index (χ0v) is 10.6. The summed E-state index contributed by atoms with van der Waals surface area (Å²) in [5, 5.41) is 3.15. The standard InChI is InChI=1S/C16H14N2O/c1-12-6-5-9-14(10-12)18-16(19)11-15(17-18)13-7-3-2-4-8-13/h2-11,17H,1H3. The second kappa shape index (κ2) is 4.61. The number of aromatic amines is 1. The number of nitrogens with one attached hydrogen (secondary N) is 1. The number of rotatable bonds is 2. The summed E-state index contributed by atoms with van der Waals surface area (Å²) in [4.78, 5) is 12.1. The highest BCUT2D eigenvalue weighted by molar-refractivity contribution is 5.58. The number of hydrogen-bond acceptors (Lipinski definition) is 1. The summed E-state index contributed by atoms with van der Waals surface area (Å²) in [7, 11) is 0. The molecule has 3 nitrogen and oxygen atoms in total. The Morgan fingerprint density at radius 3 is 2.47 bits per heavy atom. The van der Waals surface area contributed by atoms with E-state index in [4.69, 9.17) is 0 Å². The van der Waals surface area contributed by atoms with Gasteiger partial charge in [0.05, 0.1) is 11.4 Å². The SMILES string of the molecule is Cc1cccc(-n2[nH]c(-c3ccccc3)cc2=O)c1. The number of nitrogens with zero attached hydrogens (tertiary/aromatic N) is 1. The summed E-state index contributed by atoms with van der Waals surface area (Å²) >= 11 is 0. The fraction of sp³-hybridized carbons (Fsp3) is 0.0625. The molecule has 0 fully saturated rings. The van der Waals surface area contributed by atoms with E-state index < -0.39 is 0 Å². The molecule has 0 aliphatic rings. The third kappa shape index (κ3) is 2.22. The first kappa shape index (κ1) is 11.5. The van der Waals surface area contributed by atoms with Gasteiger partial charge < -0.3 is 0 Å². The summed E-state index contributed by atoms with van der Waals surface area (Å²) < 4.78 is 1.56. The minimum Gasteiger partial charge on any atom is -0.290 e. The third-order valence-electron chi connectivity index (χ3n) is 3.07. The number of aromatic nitrogens is 2. The molecule has 1 aromatic heterocycles. The summed E-state index contributed by atoms with van der Waals surface area (Å²) in [6.45, 7) is 2.01. The van der Waals surface area contributed by atoms with Gasteiger partial charge in [0.1, 0.15) is 0 Å². The molecule has 0 spiro atoms. The van der Waals surface area contributed by atoms with Crippen molar-refractivity contribution in [2.24, 2.45) is 0 Å². The lowest BCUT2D eigenvalue weighted by molar-refractivity contribution is 0.851. The molecule has 0 unspecified atom stereocenters. The smallest absolute Gasteiger partial charge is 0.271 e. The van der Waals surface area contributed by atoms with Crippen molar-refractivity contribution in [2.75, 3.05) is 0 Å². The van der Waals surface area contributed by atoms with Crippen molar-refractivity contribution in [3.8, 4) is 16.9 Å². The van der Waals surface area contributed by atoms with Crippen molar-refractivity contribution < 1.29 is 0 Å². The van der Waals surface area contributed by atoms with Crippen LogP contribution in [-0.4, -0.2) is 9.78 Å². The maximum Gasteiger partial charge on any atom is 0.271 e. The molecule has 0 saturated heterocycles. The number of H-pyrrole nitrogens is 1. The van der Waals surface area contributed by atoms with E-state index in [2.05, 4.69) is 5.10 Å². The molecule has 0 radical (unpaired) electrons. The van der Waals surface area contributed by atoms with Gasteiger partial charge in [0.25, 0.3) is 5.56 Å². The molecule has 1 heterocycles. The van der Waals surface area contributed by atoms with Crippen molar-refractivity contribution in [2.45, 2.75) is 6.92 Å². The van der Waals surface area contributed by atoms with Gasteiger partial charge in [-0.15, -0.1) is 0 Å². The quantitative estimate of drug-likeness (QED) is 0.745. The van der Waals surface area contributed by atoms with Crippen LogP contribution in [0.1, 0.15) is 5.56 Å². The fourth-order valence-electron chi connectivity index (χ4n) is 2.12. The molecule has 0 saturated carbocycles. The molecule has 0 amide bonds. The number of benzene rings is 2. The Kier molecular flexibility index (Phi) is 2.80. The summed E-state index contributed by atoms with van der Waals surface area (Å²) in [5.74, 6) is 0. The van der Waals surface area contributed by atoms with Crippen molar-refractivity contribution in [3.63, 3.8) is 0 Å². The summed E-state index contributed by atoms with van der Waals surface area (Å²) in [5.41, 5.74) is 3.76. The zero-order chi connectivity index (χ0) is 13.2. The summed E-state index contributed by atoms with van der Waals surface area (Å²) in [6.07, 6.45) is 0. The van der Waals surface area contributed by atoms with Crippen molar-refractivity contribution in [1.29, 1.82) is 0 Å². The molecule has 3 rings (SSSR count). The predicted octanol–water partition coefficient (Wildman–Crippen LogP) is 3.14. The molecule has 1 N–H and O–H groups in total. The molecule has 0 aliphatic carbocycles. The van der Waals surface area contributed by atoms with Gasteiger partial charge in [-0.05, 0) is 30.2 Å². The van der Waals surface area contributed by atoms with E-state index >= 15 is 0 Å². The molecule has 2 aromatic carbocycles. The number of hydrogen-bond donors (Lipinski definition) is 1. The monoisotopic (exact) mass is 250 g/mol. The lowest BCUT2D eigenvalue weighted by atomic mass is 10.2. The molecular formula is C16H14N2O. The van der Waals surface area contributed by atoms with E-state index in [0.29, 0.717) is 0 Å². The maximum atomic E-state index is 12.1. The Hall–Kier alpha value is -2.55. The van der Waals surface area contributed by atoms with Crippen LogP contribution in [0.2, 0.25) is 0 Å². The van der Waals surface area contributed by atoms with E-state index in [9.17, 15) is 4.79 Å². The topological polar surface area (TPSA) is 37.8 Å². The van der Waals surface area contributed by atoms with Crippen LogP contribution >= 0.6 is 0 Å². The Bertz CT molecular complexity index is 754. The second-order valence-electron chi connectivity index (χ2n) is 4.55. The van der Waals surface area contributed by atoms with Gasteiger partial charge in [0.2, 0.25) is 0 Å². The molecule has 94 valence electrons. The van der Waals surface area contributed by atoms with E-state index in [1.54, 1.807) is 10.7 Å². The lowest BCUT2D eigenvalue weighted by Crippen LogP contribution is -2.13. The molecule has 3 aromatic rings. The Morgan fingerprint density at radius 1 is 0.947 bits per heavy atom. The Balaban J connectivity index is 2.10. The van der Waals surface area contributed by atoms with Crippen LogP contribution < -0.4 is 5.56 Å². The highest BCUT2D eigenvalue weighted by atomic mass is 16.1. The van der Waals surface area contributed by atoms with Crippen molar-refractivity contribution in [3.05, 3.63) is 76.6 Å². The van der Waals surface area contributed by atoms with E-state index in [0.717, 1.165) is 22.5 Å². The average molecular weight is 250 g/mol. The molecule has 0 aliphatic heterocycles. The van der Waals surface area contributed by atoms with Crippen molar-refractivity contribution in [1.82, 2.24) is 9.78 Å². The van der Waals surface area contributed by atoms with Gasteiger partial charge in [-0.1, -0.05) is 42.5 Å².